The number of carbonyl (C=O) groups is 2. The second kappa shape index (κ2) is 12.0. The van der Waals surface area contributed by atoms with E-state index in [2.05, 4.69) is 48.5 Å². The van der Waals surface area contributed by atoms with Gasteiger partial charge in [0.15, 0.2) is 0 Å². The van der Waals surface area contributed by atoms with Crippen molar-refractivity contribution in [1.29, 1.82) is 0 Å². The quantitative estimate of drug-likeness (QED) is 0.227. The van der Waals surface area contributed by atoms with E-state index in [1.807, 2.05) is 12.1 Å². The van der Waals surface area contributed by atoms with Crippen LogP contribution in [0.25, 0.3) is 10.9 Å². The van der Waals surface area contributed by atoms with Crippen LogP contribution in [0, 0.1) is 11.7 Å². The molecule has 0 atom stereocenters. The van der Waals surface area contributed by atoms with Crippen molar-refractivity contribution in [3.05, 3.63) is 82.3 Å². The fourth-order valence-electron chi connectivity index (χ4n) is 5.34. The number of amides is 2. The molecule has 2 amide bonds. The third-order valence-corrected chi connectivity index (χ3v) is 8.26. The van der Waals surface area contributed by atoms with Gasteiger partial charge in [0.2, 0.25) is 0 Å². The zero-order chi connectivity index (χ0) is 29.2. The Morgan fingerprint density at radius 1 is 1.00 bits per heavy atom. The summed E-state index contributed by atoms with van der Waals surface area (Å²) in [6, 6.07) is 15.3. The molecule has 4 aromatic rings. The number of aromatic nitrogens is 2. The van der Waals surface area contributed by atoms with Gasteiger partial charge in [-0.2, -0.15) is 0 Å². The zero-order valence-electron chi connectivity index (χ0n) is 23.1. The van der Waals surface area contributed by atoms with Crippen LogP contribution in [0.4, 0.5) is 21.6 Å². The Labute approximate surface area is 251 Å². The number of benzene rings is 3. The number of hydrogen-bond donors (Lipinski definition) is 2. The molecule has 0 aliphatic carbocycles. The minimum atomic E-state index is -0.423. The number of imide groups is 1. The minimum Gasteiger partial charge on any atom is -0.491 e. The van der Waals surface area contributed by atoms with Crippen LogP contribution in [0.2, 0.25) is 0 Å². The van der Waals surface area contributed by atoms with Gasteiger partial charge in [0, 0.05) is 29.0 Å². The summed E-state index contributed by atoms with van der Waals surface area (Å²) < 4.78 is 21.6. The number of likely N-dealkylation sites (tertiary alicyclic amines) is 1. The van der Waals surface area contributed by atoms with Crippen LogP contribution in [-0.4, -0.2) is 71.4 Å². The fourth-order valence-corrected chi connectivity index (χ4v) is 5.67. The lowest BCUT2D eigenvalue weighted by molar-refractivity contribution is 0.0660. The highest BCUT2D eigenvalue weighted by atomic mass is 79.9. The highest BCUT2D eigenvalue weighted by molar-refractivity contribution is 9.10. The summed E-state index contributed by atoms with van der Waals surface area (Å²) in [5.74, 6) is 0.464. The van der Waals surface area contributed by atoms with Crippen molar-refractivity contribution in [3.8, 4) is 5.75 Å². The fraction of sp³-hybridized carbons (Fsp3) is 0.290. The first kappa shape index (κ1) is 28.0. The molecule has 42 heavy (non-hydrogen) atoms. The number of anilines is 3. The molecule has 6 rings (SSSR count). The van der Waals surface area contributed by atoms with E-state index in [0.29, 0.717) is 62.8 Å². The molecule has 1 aromatic heterocycles. The predicted molar refractivity (Wildman–Crippen MR) is 163 cm³/mol. The number of ether oxygens (including phenoxy) is 1. The molecule has 0 saturated carbocycles. The molecular weight excluding hydrogens is 603 g/mol. The molecule has 0 unspecified atom stereocenters. The molecule has 2 aliphatic heterocycles. The first-order valence-electron chi connectivity index (χ1n) is 13.9. The van der Waals surface area contributed by atoms with Gasteiger partial charge >= 0.3 is 0 Å². The van der Waals surface area contributed by atoms with Crippen LogP contribution in [0.5, 0.6) is 5.75 Å². The van der Waals surface area contributed by atoms with Gasteiger partial charge in [0.05, 0.1) is 34.6 Å². The van der Waals surface area contributed by atoms with Crippen LogP contribution in [0.1, 0.15) is 33.6 Å². The molecule has 1 fully saturated rings. The Bertz CT molecular complexity index is 1620. The molecule has 0 radical (unpaired) electrons. The van der Waals surface area contributed by atoms with E-state index < -0.39 is 5.82 Å². The first-order valence-corrected chi connectivity index (χ1v) is 14.7. The van der Waals surface area contributed by atoms with Crippen molar-refractivity contribution in [2.75, 3.05) is 50.5 Å². The van der Waals surface area contributed by atoms with E-state index in [0.717, 1.165) is 25.9 Å². The lowest BCUT2D eigenvalue weighted by Gasteiger charge is -2.29. The van der Waals surface area contributed by atoms with E-state index in [1.165, 1.54) is 17.3 Å². The standard InChI is InChI=1S/C31H30BrFN6O3/c1-38-11-8-19(9-12-38)17-42-28-16-26-23(29(36-18-35-26)37-25-7-6-20(32)14-24(25)33)15-27(28)34-10-13-39-30(40)21-4-2-3-5-22(21)31(39)41/h2-7,14-16,18-19,34H,8-13,17H2,1H3,(H,35,36,37). The van der Waals surface area contributed by atoms with E-state index >= 15 is 0 Å². The number of nitrogens with one attached hydrogen (secondary N) is 2. The average molecular weight is 634 g/mol. The van der Waals surface area contributed by atoms with Gasteiger partial charge in [-0.15, -0.1) is 0 Å². The molecule has 11 heteroatoms. The maximum Gasteiger partial charge on any atom is 0.261 e. The van der Waals surface area contributed by atoms with Crippen molar-refractivity contribution in [1.82, 2.24) is 19.8 Å². The first-order chi connectivity index (χ1) is 20.4. The van der Waals surface area contributed by atoms with E-state index in [9.17, 15) is 14.0 Å². The third kappa shape index (κ3) is 5.79. The number of hydrogen-bond acceptors (Lipinski definition) is 8. The van der Waals surface area contributed by atoms with Crippen molar-refractivity contribution in [2.45, 2.75) is 12.8 Å². The van der Waals surface area contributed by atoms with E-state index in [1.54, 1.807) is 36.4 Å². The molecule has 216 valence electrons. The van der Waals surface area contributed by atoms with Crippen molar-refractivity contribution in [2.24, 2.45) is 5.92 Å². The number of carbonyl (C=O) groups excluding carboxylic acids is 2. The Morgan fingerprint density at radius 3 is 2.45 bits per heavy atom. The molecule has 1 saturated heterocycles. The summed E-state index contributed by atoms with van der Waals surface area (Å²) in [4.78, 5) is 38.1. The summed E-state index contributed by atoms with van der Waals surface area (Å²) in [6.45, 7) is 3.11. The van der Waals surface area contributed by atoms with Crippen molar-refractivity contribution >= 4 is 55.8 Å². The number of halogens is 2. The number of rotatable bonds is 9. The summed E-state index contributed by atoms with van der Waals surface area (Å²) in [7, 11) is 2.13. The van der Waals surface area contributed by atoms with Crippen LogP contribution in [0.3, 0.4) is 0 Å². The monoisotopic (exact) mass is 632 g/mol. The normalized spacial score (nSPS) is 15.7. The Balaban J connectivity index is 1.26. The van der Waals surface area contributed by atoms with E-state index in [-0.39, 0.29) is 24.0 Å². The van der Waals surface area contributed by atoms with Gasteiger partial charge in [0.1, 0.15) is 23.7 Å². The van der Waals surface area contributed by atoms with Crippen molar-refractivity contribution < 1.29 is 18.7 Å². The molecule has 3 aromatic carbocycles. The Kier molecular flexibility index (Phi) is 8.03. The molecule has 2 aliphatic rings. The van der Waals surface area contributed by atoms with Gasteiger partial charge in [-0.1, -0.05) is 28.1 Å². The SMILES string of the molecule is CN1CCC(COc2cc3ncnc(Nc4ccc(Br)cc4F)c3cc2NCCN2C(=O)c3ccccc3C2=O)CC1. The van der Waals surface area contributed by atoms with Gasteiger partial charge < -0.3 is 20.3 Å². The van der Waals surface area contributed by atoms with Crippen LogP contribution in [0.15, 0.2) is 65.4 Å². The van der Waals surface area contributed by atoms with Gasteiger partial charge in [-0.05, 0) is 75.3 Å². The van der Waals surface area contributed by atoms with E-state index in [4.69, 9.17) is 4.74 Å². The summed E-state index contributed by atoms with van der Waals surface area (Å²) in [5, 5.41) is 7.11. The zero-order valence-corrected chi connectivity index (χ0v) is 24.7. The molecule has 0 bridgehead atoms. The largest absolute Gasteiger partial charge is 0.491 e. The number of piperidine rings is 1. The van der Waals surface area contributed by atoms with Gasteiger partial charge in [0.25, 0.3) is 11.8 Å². The maximum absolute atomic E-state index is 14.6. The molecule has 3 heterocycles. The van der Waals surface area contributed by atoms with Crippen molar-refractivity contribution in [3.63, 3.8) is 0 Å². The Hall–Kier alpha value is -4.09. The lowest BCUT2D eigenvalue weighted by atomic mass is 9.98. The highest BCUT2D eigenvalue weighted by Crippen LogP contribution is 2.35. The average Bonchev–Trinajstić information content (AvgIpc) is 3.23. The maximum atomic E-state index is 14.6. The second-order valence-electron chi connectivity index (χ2n) is 10.6. The Morgan fingerprint density at radius 2 is 1.74 bits per heavy atom. The summed E-state index contributed by atoms with van der Waals surface area (Å²) >= 11 is 3.29. The predicted octanol–water partition coefficient (Wildman–Crippen LogP) is 5.70. The minimum absolute atomic E-state index is 0.180. The number of nitrogens with zero attached hydrogens (tertiary/aromatic N) is 4. The summed E-state index contributed by atoms with van der Waals surface area (Å²) in [5.41, 5.74) is 2.42. The molecule has 0 spiro atoms. The van der Waals surface area contributed by atoms with Gasteiger partial charge in [-0.25, -0.2) is 14.4 Å². The molecular formula is C31H30BrFN6O3. The smallest absolute Gasteiger partial charge is 0.261 e. The molecule has 2 N–H and O–H groups in total. The van der Waals surface area contributed by atoms with Gasteiger partial charge in [-0.3, -0.25) is 14.5 Å². The van der Waals surface area contributed by atoms with Crippen LogP contribution >= 0.6 is 15.9 Å². The second-order valence-corrected chi connectivity index (χ2v) is 11.5. The molecule has 9 nitrogen and oxygen atoms in total. The topological polar surface area (TPSA) is 99.7 Å². The number of fused-ring (bicyclic) bond motifs is 2. The van der Waals surface area contributed by atoms with Crippen LogP contribution in [-0.2, 0) is 0 Å². The summed E-state index contributed by atoms with van der Waals surface area (Å²) in [6.07, 6.45) is 3.54. The highest BCUT2D eigenvalue weighted by Gasteiger charge is 2.34. The lowest BCUT2D eigenvalue weighted by Crippen LogP contribution is -2.34. The third-order valence-electron chi connectivity index (χ3n) is 7.76. The van der Waals surface area contributed by atoms with Crippen LogP contribution < -0.4 is 15.4 Å².